The van der Waals surface area contributed by atoms with Crippen LogP contribution in [0.4, 0.5) is 11.4 Å². The topological polar surface area (TPSA) is 111 Å². The fourth-order valence-corrected chi connectivity index (χ4v) is 5.79. The summed E-state index contributed by atoms with van der Waals surface area (Å²) in [5.74, 6) is -1.04. The molecule has 0 heterocycles. The van der Waals surface area contributed by atoms with Gasteiger partial charge in [0.25, 0.3) is 5.69 Å². The van der Waals surface area contributed by atoms with Gasteiger partial charge in [0.2, 0.25) is 5.91 Å². The molecule has 0 spiro atoms. The van der Waals surface area contributed by atoms with Crippen molar-refractivity contribution in [3.05, 3.63) is 68.2 Å². The van der Waals surface area contributed by atoms with Crippen LogP contribution in [-0.4, -0.2) is 22.5 Å². The number of hydrogen-bond acceptors (Lipinski definition) is 6. The summed E-state index contributed by atoms with van der Waals surface area (Å²) in [5.41, 5.74) is -1.22. The highest BCUT2D eigenvalue weighted by atomic mass is 35.5. The summed E-state index contributed by atoms with van der Waals surface area (Å²) >= 11 is 12.0. The van der Waals surface area contributed by atoms with Gasteiger partial charge in [0.15, 0.2) is 0 Å². The first-order valence-corrected chi connectivity index (χ1v) is 11.5. The fraction of sp³-hybridized carbons (Fsp3) is 0.375. The second-order valence-electron chi connectivity index (χ2n) is 9.49. The number of anilines is 1. The van der Waals surface area contributed by atoms with Crippen molar-refractivity contribution in [3.63, 3.8) is 0 Å². The Morgan fingerprint density at radius 3 is 2.50 bits per heavy atom. The predicted molar refractivity (Wildman–Crippen MR) is 129 cm³/mol. The van der Waals surface area contributed by atoms with E-state index in [4.69, 9.17) is 28.0 Å². The Morgan fingerprint density at radius 2 is 1.82 bits per heavy atom. The van der Waals surface area contributed by atoms with Crippen LogP contribution in [0.15, 0.2) is 47.6 Å². The van der Waals surface area contributed by atoms with Gasteiger partial charge in [-0.3, -0.25) is 14.9 Å². The van der Waals surface area contributed by atoms with Crippen molar-refractivity contribution >= 4 is 52.2 Å². The average Bonchev–Trinajstić information content (AvgIpc) is 3.08. The summed E-state index contributed by atoms with van der Waals surface area (Å²) in [4.78, 5) is 42.2. The summed E-state index contributed by atoms with van der Waals surface area (Å²) in [6, 6.07) is 10.5. The maximum absolute atomic E-state index is 13.6. The van der Waals surface area contributed by atoms with E-state index >= 15 is 0 Å². The van der Waals surface area contributed by atoms with Gasteiger partial charge in [0.1, 0.15) is 5.69 Å². The van der Waals surface area contributed by atoms with Crippen LogP contribution in [0, 0.1) is 26.4 Å². The number of para-hydroxylation sites is 2. The van der Waals surface area contributed by atoms with Crippen LogP contribution in [0.1, 0.15) is 50.4 Å². The van der Waals surface area contributed by atoms with E-state index in [-0.39, 0.29) is 34.3 Å². The predicted octanol–water partition coefficient (Wildman–Crippen LogP) is 6.27. The van der Waals surface area contributed by atoms with E-state index in [1.165, 1.54) is 30.3 Å². The monoisotopic (exact) mass is 503 g/mol. The standard InChI is InChI=1S/C24H23Cl2N3O5/c1-22(2)23(3)10-11-24(22,21(31)27-17-6-4-5-7-18(17)29(32)33)13-19(23)28-34-20(30)15-9-8-14(25)12-16(15)26/h4-9,12H,10-11,13H2,1-3H3,(H,27,31). The van der Waals surface area contributed by atoms with Gasteiger partial charge in [-0.25, -0.2) is 4.79 Å². The van der Waals surface area contributed by atoms with Gasteiger partial charge in [-0.05, 0) is 42.5 Å². The largest absolute Gasteiger partial charge is 0.367 e. The number of nitro groups is 1. The molecule has 8 nitrogen and oxygen atoms in total. The Balaban J connectivity index is 1.61. The van der Waals surface area contributed by atoms with Crippen LogP contribution in [0.5, 0.6) is 0 Å². The SMILES string of the molecule is CC12CCC(C(=O)Nc3ccccc3[N+](=O)[O-])(CC1=NOC(=O)c1ccc(Cl)cc1Cl)C2(C)C. The number of fused-ring (bicyclic) bond motifs is 2. The van der Waals surface area contributed by atoms with Crippen molar-refractivity contribution < 1.29 is 19.3 Å². The highest BCUT2D eigenvalue weighted by Gasteiger charge is 2.71. The molecule has 34 heavy (non-hydrogen) atoms. The van der Waals surface area contributed by atoms with Gasteiger partial charge in [-0.1, -0.05) is 61.3 Å². The van der Waals surface area contributed by atoms with Crippen molar-refractivity contribution in [2.24, 2.45) is 21.4 Å². The maximum Gasteiger partial charge on any atom is 0.367 e. The molecular weight excluding hydrogens is 481 g/mol. The lowest BCUT2D eigenvalue weighted by Gasteiger charge is -2.39. The number of halogens is 2. The molecule has 2 bridgehead atoms. The van der Waals surface area contributed by atoms with E-state index in [0.29, 0.717) is 23.6 Å². The molecule has 0 saturated heterocycles. The Labute approximate surface area is 206 Å². The number of nitrogens with zero attached hydrogens (tertiary/aromatic N) is 2. The van der Waals surface area contributed by atoms with Crippen LogP contribution in [-0.2, 0) is 9.63 Å². The van der Waals surface area contributed by atoms with Gasteiger partial charge < -0.3 is 10.2 Å². The lowest BCUT2D eigenvalue weighted by atomic mass is 9.64. The minimum Gasteiger partial charge on any atom is -0.320 e. The van der Waals surface area contributed by atoms with Crippen LogP contribution in [0.2, 0.25) is 10.0 Å². The zero-order chi connectivity index (χ0) is 24.9. The van der Waals surface area contributed by atoms with E-state index in [9.17, 15) is 19.7 Å². The number of amides is 1. The third-order valence-electron chi connectivity index (χ3n) is 7.91. The van der Waals surface area contributed by atoms with E-state index in [0.717, 1.165) is 0 Å². The molecule has 178 valence electrons. The molecule has 10 heteroatoms. The molecule has 4 rings (SSSR count). The summed E-state index contributed by atoms with van der Waals surface area (Å²) in [7, 11) is 0. The minimum absolute atomic E-state index is 0.131. The Hall–Kier alpha value is -2.97. The summed E-state index contributed by atoms with van der Waals surface area (Å²) in [5, 5.41) is 18.9. The van der Waals surface area contributed by atoms with E-state index in [1.807, 2.05) is 20.8 Å². The first kappa shape index (κ1) is 24.2. The molecule has 0 radical (unpaired) electrons. The summed E-state index contributed by atoms with van der Waals surface area (Å²) in [6.07, 6.45) is 1.51. The summed E-state index contributed by atoms with van der Waals surface area (Å²) < 4.78 is 0. The molecule has 2 fully saturated rings. The molecule has 2 aliphatic carbocycles. The molecular formula is C24H23Cl2N3O5. The number of nitro benzene ring substituents is 1. The third-order valence-corrected chi connectivity index (χ3v) is 8.45. The lowest BCUT2D eigenvalue weighted by molar-refractivity contribution is -0.383. The normalized spacial score (nSPS) is 25.9. The Bertz CT molecular complexity index is 1240. The van der Waals surface area contributed by atoms with E-state index in [2.05, 4.69) is 10.5 Å². The maximum atomic E-state index is 13.6. The second-order valence-corrected chi connectivity index (χ2v) is 10.3. The number of hydrogen-bond donors (Lipinski definition) is 1. The molecule has 2 aliphatic rings. The van der Waals surface area contributed by atoms with E-state index < -0.39 is 27.1 Å². The fourth-order valence-electron chi connectivity index (χ4n) is 5.30. The van der Waals surface area contributed by atoms with Crippen molar-refractivity contribution in [3.8, 4) is 0 Å². The number of rotatable bonds is 5. The van der Waals surface area contributed by atoms with Gasteiger partial charge in [0, 0.05) is 22.9 Å². The van der Waals surface area contributed by atoms with Crippen LogP contribution in [0.25, 0.3) is 0 Å². The molecule has 2 unspecified atom stereocenters. The van der Waals surface area contributed by atoms with Crippen LogP contribution >= 0.6 is 23.2 Å². The zero-order valence-corrected chi connectivity index (χ0v) is 20.4. The lowest BCUT2D eigenvalue weighted by Crippen LogP contribution is -2.43. The van der Waals surface area contributed by atoms with Gasteiger partial charge in [0.05, 0.1) is 26.6 Å². The quantitative estimate of drug-likeness (QED) is 0.293. The zero-order valence-electron chi connectivity index (χ0n) is 18.9. The summed E-state index contributed by atoms with van der Waals surface area (Å²) in [6.45, 7) is 5.97. The minimum atomic E-state index is -0.866. The Morgan fingerprint density at radius 1 is 1.12 bits per heavy atom. The molecule has 2 atom stereocenters. The average molecular weight is 504 g/mol. The highest BCUT2D eigenvalue weighted by molar-refractivity contribution is 6.36. The van der Waals surface area contributed by atoms with Gasteiger partial charge in [-0.15, -0.1) is 0 Å². The first-order valence-electron chi connectivity index (χ1n) is 10.7. The molecule has 2 saturated carbocycles. The van der Waals surface area contributed by atoms with Gasteiger partial charge in [-0.2, -0.15) is 0 Å². The molecule has 0 aromatic heterocycles. The van der Waals surface area contributed by atoms with Crippen molar-refractivity contribution in [2.45, 2.75) is 40.0 Å². The smallest absolute Gasteiger partial charge is 0.320 e. The molecule has 2 aromatic rings. The molecule has 1 amide bonds. The molecule has 1 N–H and O–H groups in total. The first-order chi connectivity index (χ1) is 15.9. The molecule has 0 aliphatic heterocycles. The number of benzene rings is 2. The number of carbonyl (C=O) groups is 2. The number of carbonyl (C=O) groups excluding carboxylic acids is 2. The third kappa shape index (κ3) is 3.56. The highest BCUT2D eigenvalue weighted by Crippen LogP contribution is 2.71. The van der Waals surface area contributed by atoms with Crippen molar-refractivity contribution in [2.75, 3.05) is 5.32 Å². The van der Waals surface area contributed by atoms with Crippen molar-refractivity contribution in [1.82, 2.24) is 0 Å². The molecule has 2 aromatic carbocycles. The number of nitrogens with one attached hydrogen (secondary N) is 1. The van der Waals surface area contributed by atoms with E-state index in [1.54, 1.807) is 12.1 Å². The second kappa shape index (κ2) is 8.36. The Kier molecular flexibility index (Phi) is 5.94. The van der Waals surface area contributed by atoms with Crippen LogP contribution in [0.3, 0.4) is 0 Å². The number of oxime groups is 1. The van der Waals surface area contributed by atoms with Gasteiger partial charge >= 0.3 is 5.97 Å². The van der Waals surface area contributed by atoms with Crippen molar-refractivity contribution in [1.29, 1.82) is 0 Å². The van der Waals surface area contributed by atoms with Crippen LogP contribution < -0.4 is 5.32 Å².